The second-order valence-corrected chi connectivity index (χ2v) is 9.25. The summed E-state index contributed by atoms with van der Waals surface area (Å²) in [6.07, 6.45) is 4.31. The molecule has 1 aliphatic heterocycles. The number of esters is 2. The lowest BCUT2D eigenvalue weighted by molar-refractivity contribution is -0.0967. The van der Waals surface area contributed by atoms with Gasteiger partial charge in [0.25, 0.3) is 0 Å². The Morgan fingerprint density at radius 2 is 1.72 bits per heavy atom. The third-order valence-corrected chi connectivity index (χ3v) is 6.50. The van der Waals surface area contributed by atoms with Gasteiger partial charge in [0.05, 0.1) is 17.5 Å². The first-order valence-corrected chi connectivity index (χ1v) is 12.0. The zero-order chi connectivity index (χ0) is 27.7. The van der Waals surface area contributed by atoms with Crippen LogP contribution in [0, 0.1) is 32.3 Å². The predicted molar refractivity (Wildman–Crippen MR) is 138 cm³/mol. The van der Waals surface area contributed by atoms with E-state index in [-0.39, 0.29) is 23.4 Å². The minimum atomic E-state index is -1.67. The first-order valence-electron chi connectivity index (χ1n) is 12.0. The first kappa shape index (κ1) is 25.8. The zero-order valence-electron chi connectivity index (χ0n) is 21.1. The highest BCUT2D eigenvalue weighted by Crippen LogP contribution is 2.40. The number of anilines is 1. The Hall–Kier alpha value is -4.82. The Morgan fingerprint density at radius 1 is 1.10 bits per heavy atom. The summed E-state index contributed by atoms with van der Waals surface area (Å²) in [5, 5.41) is 0. The highest BCUT2D eigenvalue weighted by molar-refractivity contribution is 5.90. The van der Waals surface area contributed by atoms with Crippen molar-refractivity contribution in [1.82, 2.24) is 19.5 Å². The lowest BCUT2D eigenvalue weighted by atomic mass is 9.98. The molecule has 0 amide bonds. The van der Waals surface area contributed by atoms with Crippen LogP contribution in [0.25, 0.3) is 11.2 Å². The van der Waals surface area contributed by atoms with Gasteiger partial charge in [-0.1, -0.05) is 41.3 Å². The van der Waals surface area contributed by atoms with Gasteiger partial charge in [0.15, 0.2) is 23.1 Å². The number of ether oxygens (including phenoxy) is 3. The molecule has 2 N–H and O–H groups in total. The summed E-state index contributed by atoms with van der Waals surface area (Å²) in [6.45, 7) is 3.37. The fourth-order valence-electron chi connectivity index (χ4n) is 4.30. The molecule has 1 aliphatic rings. The Bertz CT molecular complexity index is 1600. The third kappa shape index (κ3) is 5.02. The first-order chi connectivity index (χ1) is 18.7. The van der Waals surface area contributed by atoms with Crippen LogP contribution in [-0.4, -0.2) is 49.8 Å². The van der Waals surface area contributed by atoms with Gasteiger partial charge >= 0.3 is 18.0 Å². The quantitative estimate of drug-likeness (QED) is 0.226. The second-order valence-electron chi connectivity index (χ2n) is 9.25. The summed E-state index contributed by atoms with van der Waals surface area (Å²) in [4.78, 5) is 37.3. The number of nitrogens with zero attached hydrogens (tertiary/aromatic N) is 4. The zero-order valence-corrected chi connectivity index (χ0v) is 21.1. The number of benzene rings is 2. The standard InChI is InChI=1S/C28H24FN5O5/c1-4-28(14-37-25(35)18-9-5-16(2)6-10-18)20(38-26(36)19-11-7-17(3)8-12-19)13-21(39-28)34-15-31-22-23(30)32-27(29)33-24(22)34/h1,5-12,15,20-21H,13-14H2,2-3H3,(H2,30,32,33)/t20-,21+,28+/m0/s1. The molecular formula is C28H24FN5O5. The molecule has 0 bridgehead atoms. The molecule has 5 rings (SSSR count). The minimum Gasteiger partial charge on any atom is -0.458 e. The second kappa shape index (κ2) is 10.2. The molecule has 1 fully saturated rings. The number of aromatic nitrogens is 4. The lowest BCUT2D eigenvalue weighted by Crippen LogP contribution is -2.45. The number of rotatable bonds is 6. The molecule has 4 aromatic rings. The molecular weight excluding hydrogens is 505 g/mol. The smallest absolute Gasteiger partial charge is 0.338 e. The Balaban J connectivity index is 1.46. The van der Waals surface area contributed by atoms with Gasteiger partial charge in [-0.2, -0.15) is 14.4 Å². The Morgan fingerprint density at radius 3 is 2.33 bits per heavy atom. The third-order valence-electron chi connectivity index (χ3n) is 6.50. The topological polar surface area (TPSA) is 131 Å². The van der Waals surface area contributed by atoms with Crippen LogP contribution in [0.2, 0.25) is 0 Å². The van der Waals surface area contributed by atoms with Crippen LogP contribution in [0.4, 0.5) is 10.2 Å². The number of hydrogen-bond donors (Lipinski definition) is 1. The number of imidazole rings is 1. The SMILES string of the molecule is C#C[C@]1(COC(=O)c2ccc(C)cc2)O[C@@H](n2cnc3c(N)nc(F)nc32)C[C@@H]1OC(=O)c1ccc(C)cc1. The van der Waals surface area contributed by atoms with Crippen molar-refractivity contribution in [3.63, 3.8) is 0 Å². The molecule has 198 valence electrons. The van der Waals surface area contributed by atoms with E-state index in [1.807, 2.05) is 13.8 Å². The summed E-state index contributed by atoms with van der Waals surface area (Å²) in [7, 11) is 0. The van der Waals surface area contributed by atoms with Crippen molar-refractivity contribution in [2.24, 2.45) is 0 Å². The number of terminal acetylenes is 1. The van der Waals surface area contributed by atoms with Gasteiger partial charge in [0.2, 0.25) is 5.60 Å². The van der Waals surface area contributed by atoms with E-state index >= 15 is 0 Å². The summed E-state index contributed by atoms with van der Waals surface area (Å²) in [5.41, 5.74) is 6.93. The fourth-order valence-corrected chi connectivity index (χ4v) is 4.30. The molecule has 39 heavy (non-hydrogen) atoms. The number of nitrogen functional groups attached to an aromatic ring is 1. The maximum Gasteiger partial charge on any atom is 0.338 e. The number of carbonyl (C=O) groups is 2. The van der Waals surface area contributed by atoms with Gasteiger partial charge < -0.3 is 19.9 Å². The molecule has 0 unspecified atom stereocenters. The number of carbonyl (C=O) groups excluding carboxylic acids is 2. The summed E-state index contributed by atoms with van der Waals surface area (Å²) in [5.74, 6) is 1.12. The number of fused-ring (bicyclic) bond motifs is 1. The van der Waals surface area contributed by atoms with Crippen molar-refractivity contribution >= 4 is 28.9 Å². The van der Waals surface area contributed by atoms with E-state index in [1.165, 1.54) is 10.9 Å². The number of aryl methyl sites for hydroxylation is 2. The van der Waals surface area contributed by atoms with Crippen LogP contribution < -0.4 is 5.73 Å². The molecule has 11 heteroatoms. The average molecular weight is 530 g/mol. The van der Waals surface area contributed by atoms with E-state index in [1.54, 1.807) is 48.5 Å². The van der Waals surface area contributed by atoms with Crippen LogP contribution in [0.15, 0.2) is 54.9 Å². The molecule has 0 spiro atoms. The highest BCUT2D eigenvalue weighted by Gasteiger charge is 2.52. The number of halogens is 1. The highest BCUT2D eigenvalue weighted by atomic mass is 19.1. The van der Waals surface area contributed by atoms with Crippen molar-refractivity contribution in [2.75, 3.05) is 12.3 Å². The van der Waals surface area contributed by atoms with Crippen LogP contribution in [0.1, 0.15) is 44.5 Å². The van der Waals surface area contributed by atoms with E-state index in [4.69, 9.17) is 26.4 Å². The normalized spacial score (nSPS) is 20.5. The van der Waals surface area contributed by atoms with Crippen LogP contribution in [0.3, 0.4) is 0 Å². The van der Waals surface area contributed by atoms with E-state index in [9.17, 15) is 14.0 Å². The Labute approximate surface area is 222 Å². The summed E-state index contributed by atoms with van der Waals surface area (Å²) in [6, 6.07) is 13.6. The van der Waals surface area contributed by atoms with Gasteiger partial charge in [-0.15, -0.1) is 6.42 Å². The monoisotopic (exact) mass is 529 g/mol. The molecule has 1 saturated heterocycles. The van der Waals surface area contributed by atoms with E-state index < -0.39 is 42.6 Å². The van der Waals surface area contributed by atoms with Crippen LogP contribution in [0.5, 0.6) is 0 Å². The molecule has 3 atom stereocenters. The van der Waals surface area contributed by atoms with Gasteiger partial charge in [0.1, 0.15) is 12.8 Å². The molecule has 0 radical (unpaired) electrons. The number of nitrogens with two attached hydrogens (primary N) is 1. The van der Waals surface area contributed by atoms with Gasteiger partial charge in [-0.25, -0.2) is 14.6 Å². The van der Waals surface area contributed by atoms with Crippen molar-refractivity contribution in [3.05, 3.63) is 83.2 Å². The summed E-state index contributed by atoms with van der Waals surface area (Å²) < 4.78 is 33.0. The maximum absolute atomic E-state index is 14.0. The van der Waals surface area contributed by atoms with Crippen LogP contribution >= 0.6 is 0 Å². The van der Waals surface area contributed by atoms with Crippen molar-refractivity contribution in [2.45, 2.75) is 38.2 Å². The molecule has 3 heterocycles. The molecule has 0 aliphatic carbocycles. The lowest BCUT2D eigenvalue weighted by Gasteiger charge is -2.28. The van der Waals surface area contributed by atoms with Crippen LogP contribution in [-0.2, 0) is 14.2 Å². The van der Waals surface area contributed by atoms with Gasteiger partial charge in [-0.05, 0) is 38.1 Å². The number of hydrogen-bond acceptors (Lipinski definition) is 9. The van der Waals surface area contributed by atoms with Gasteiger partial charge in [0, 0.05) is 6.42 Å². The molecule has 10 nitrogen and oxygen atoms in total. The van der Waals surface area contributed by atoms with E-state index in [2.05, 4.69) is 20.9 Å². The minimum absolute atomic E-state index is 0.0286. The van der Waals surface area contributed by atoms with E-state index in [0.29, 0.717) is 11.1 Å². The summed E-state index contributed by atoms with van der Waals surface area (Å²) >= 11 is 0. The predicted octanol–water partition coefficient (Wildman–Crippen LogP) is 3.54. The van der Waals surface area contributed by atoms with Gasteiger partial charge in [-0.3, -0.25) is 4.57 Å². The fraction of sp³-hybridized carbons (Fsp3) is 0.250. The average Bonchev–Trinajstić information content (AvgIpc) is 3.50. The largest absolute Gasteiger partial charge is 0.458 e. The maximum atomic E-state index is 14.0. The molecule has 2 aromatic heterocycles. The molecule has 0 saturated carbocycles. The Kier molecular flexibility index (Phi) is 6.72. The molecule has 2 aromatic carbocycles. The van der Waals surface area contributed by atoms with Crippen molar-refractivity contribution in [1.29, 1.82) is 0 Å². The van der Waals surface area contributed by atoms with Crippen molar-refractivity contribution < 1.29 is 28.2 Å². The van der Waals surface area contributed by atoms with E-state index in [0.717, 1.165) is 11.1 Å². The van der Waals surface area contributed by atoms with Crippen molar-refractivity contribution in [3.8, 4) is 12.3 Å².